The number of hydrogen-bond acceptors (Lipinski definition) is 2. The SMILES string of the molecule is Cc1ccccc1N=Cc1ccc(C=Nc2c(C)cccc2C)n1C. The Bertz CT molecular complexity index is 925. The first-order valence-corrected chi connectivity index (χ1v) is 8.42. The van der Waals surface area contributed by atoms with E-state index >= 15 is 0 Å². The van der Waals surface area contributed by atoms with Crippen LogP contribution in [0.25, 0.3) is 0 Å². The van der Waals surface area contributed by atoms with Crippen molar-refractivity contribution in [2.45, 2.75) is 20.8 Å². The number of para-hydroxylation sites is 2. The predicted molar refractivity (Wildman–Crippen MR) is 107 cm³/mol. The van der Waals surface area contributed by atoms with E-state index in [1.54, 1.807) is 0 Å². The summed E-state index contributed by atoms with van der Waals surface area (Å²) in [4.78, 5) is 9.30. The summed E-state index contributed by atoms with van der Waals surface area (Å²) in [5, 5.41) is 0. The van der Waals surface area contributed by atoms with Gasteiger partial charge in [-0.05, 0) is 55.7 Å². The van der Waals surface area contributed by atoms with Gasteiger partial charge < -0.3 is 4.57 Å². The number of benzene rings is 2. The minimum Gasteiger partial charge on any atom is -0.342 e. The van der Waals surface area contributed by atoms with E-state index in [-0.39, 0.29) is 0 Å². The van der Waals surface area contributed by atoms with Crippen LogP contribution in [0.5, 0.6) is 0 Å². The highest BCUT2D eigenvalue weighted by Crippen LogP contribution is 2.23. The molecular weight excluding hydrogens is 306 g/mol. The number of aryl methyl sites for hydroxylation is 3. The Morgan fingerprint density at radius 3 is 1.88 bits per heavy atom. The van der Waals surface area contributed by atoms with Gasteiger partial charge in [0.2, 0.25) is 0 Å². The van der Waals surface area contributed by atoms with Crippen molar-refractivity contribution in [1.82, 2.24) is 4.57 Å². The molecule has 0 saturated carbocycles. The van der Waals surface area contributed by atoms with Crippen molar-refractivity contribution < 1.29 is 0 Å². The van der Waals surface area contributed by atoms with Gasteiger partial charge in [-0.3, -0.25) is 9.98 Å². The van der Waals surface area contributed by atoms with Gasteiger partial charge in [0.25, 0.3) is 0 Å². The van der Waals surface area contributed by atoms with Crippen LogP contribution in [0.15, 0.2) is 64.6 Å². The first-order chi connectivity index (χ1) is 12.1. The fourth-order valence-corrected chi connectivity index (χ4v) is 2.79. The van der Waals surface area contributed by atoms with Gasteiger partial charge >= 0.3 is 0 Å². The van der Waals surface area contributed by atoms with E-state index in [1.165, 1.54) is 16.7 Å². The van der Waals surface area contributed by atoms with Gasteiger partial charge in [-0.2, -0.15) is 0 Å². The zero-order chi connectivity index (χ0) is 17.8. The predicted octanol–water partition coefficient (Wildman–Crippen LogP) is 5.45. The third kappa shape index (κ3) is 3.77. The summed E-state index contributed by atoms with van der Waals surface area (Å²) in [6.45, 7) is 6.25. The van der Waals surface area contributed by atoms with Gasteiger partial charge in [-0.15, -0.1) is 0 Å². The van der Waals surface area contributed by atoms with Gasteiger partial charge in [0.15, 0.2) is 0 Å². The van der Waals surface area contributed by atoms with E-state index in [0.717, 1.165) is 22.8 Å². The molecule has 1 heterocycles. The Morgan fingerprint density at radius 1 is 0.680 bits per heavy atom. The number of nitrogens with zero attached hydrogens (tertiary/aromatic N) is 3. The van der Waals surface area contributed by atoms with Crippen LogP contribution >= 0.6 is 0 Å². The average molecular weight is 329 g/mol. The summed E-state index contributed by atoms with van der Waals surface area (Å²) in [6, 6.07) is 18.5. The van der Waals surface area contributed by atoms with Crippen molar-refractivity contribution in [2.24, 2.45) is 17.0 Å². The second-order valence-electron chi connectivity index (χ2n) is 6.29. The van der Waals surface area contributed by atoms with Crippen molar-refractivity contribution >= 4 is 23.8 Å². The van der Waals surface area contributed by atoms with Crippen molar-refractivity contribution in [2.75, 3.05) is 0 Å². The average Bonchev–Trinajstić information content (AvgIpc) is 2.94. The lowest BCUT2D eigenvalue weighted by molar-refractivity contribution is 0.909. The number of hydrogen-bond donors (Lipinski definition) is 0. The van der Waals surface area contributed by atoms with Crippen LogP contribution in [0, 0.1) is 20.8 Å². The standard InChI is InChI=1S/C22H23N3/c1-16-8-5-6-11-21(16)23-14-19-12-13-20(25(19)4)15-24-22-17(2)9-7-10-18(22)3/h5-15H,1-4H3. The van der Waals surface area contributed by atoms with Gasteiger partial charge in [-0.25, -0.2) is 0 Å². The molecule has 0 spiro atoms. The molecule has 3 nitrogen and oxygen atoms in total. The van der Waals surface area contributed by atoms with Crippen LogP contribution in [-0.4, -0.2) is 17.0 Å². The second kappa shape index (κ2) is 7.31. The third-order valence-electron chi connectivity index (χ3n) is 4.42. The first-order valence-electron chi connectivity index (χ1n) is 8.42. The van der Waals surface area contributed by atoms with E-state index in [9.17, 15) is 0 Å². The van der Waals surface area contributed by atoms with Gasteiger partial charge in [0, 0.05) is 7.05 Å². The monoisotopic (exact) mass is 329 g/mol. The van der Waals surface area contributed by atoms with E-state index in [1.807, 2.05) is 37.7 Å². The number of aromatic nitrogens is 1. The maximum absolute atomic E-state index is 4.69. The normalized spacial score (nSPS) is 11.7. The Kier molecular flexibility index (Phi) is 4.94. The second-order valence-corrected chi connectivity index (χ2v) is 6.29. The molecule has 126 valence electrons. The molecule has 3 rings (SSSR count). The Morgan fingerprint density at radius 2 is 1.24 bits per heavy atom. The molecule has 0 aliphatic rings. The molecule has 25 heavy (non-hydrogen) atoms. The molecule has 3 heteroatoms. The van der Waals surface area contributed by atoms with Crippen molar-refractivity contribution in [3.05, 3.63) is 82.7 Å². The molecule has 0 amide bonds. The fourth-order valence-electron chi connectivity index (χ4n) is 2.79. The van der Waals surface area contributed by atoms with E-state index < -0.39 is 0 Å². The molecule has 0 fully saturated rings. The molecule has 1 aromatic heterocycles. The van der Waals surface area contributed by atoms with Gasteiger partial charge in [0.1, 0.15) is 0 Å². The Labute approximate surface area is 149 Å². The van der Waals surface area contributed by atoms with Gasteiger partial charge in [0.05, 0.1) is 35.2 Å². The van der Waals surface area contributed by atoms with Crippen molar-refractivity contribution in [3.8, 4) is 0 Å². The van der Waals surface area contributed by atoms with Crippen LogP contribution in [-0.2, 0) is 7.05 Å². The summed E-state index contributed by atoms with van der Waals surface area (Å²) < 4.78 is 2.10. The smallest absolute Gasteiger partial charge is 0.0688 e. The molecule has 3 aromatic rings. The first kappa shape index (κ1) is 16.9. The molecule has 0 N–H and O–H groups in total. The third-order valence-corrected chi connectivity index (χ3v) is 4.42. The maximum atomic E-state index is 4.69. The highest BCUT2D eigenvalue weighted by molar-refractivity contribution is 5.86. The number of aliphatic imine (C=N–C) groups is 2. The van der Waals surface area contributed by atoms with E-state index in [0.29, 0.717) is 0 Å². The summed E-state index contributed by atoms with van der Waals surface area (Å²) in [7, 11) is 2.03. The molecule has 0 atom stereocenters. The molecular formula is C22H23N3. The lowest BCUT2D eigenvalue weighted by atomic mass is 10.1. The lowest BCUT2D eigenvalue weighted by Gasteiger charge is -2.04. The highest BCUT2D eigenvalue weighted by atomic mass is 15.0. The van der Waals surface area contributed by atoms with Crippen LogP contribution in [0.1, 0.15) is 28.1 Å². The van der Waals surface area contributed by atoms with Gasteiger partial charge in [-0.1, -0.05) is 36.4 Å². The van der Waals surface area contributed by atoms with Crippen LogP contribution in [0.3, 0.4) is 0 Å². The summed E-state index contributed by atoms with van der Waals surface area (Å²) in [5.41, 5.74) is 7.68. The molecule has 0 saturated heterocycles. The van der Waals surface area contributed by atoms with Crippen LogP contribution < -0.4 is 0 Å². The molecule has 0 bridgehead atoms. The Balaban J connectivity index is 1.84. The van der Waals surface area contributed by atoms with Crippen molar-refractivity contribution in [1.29, 1.82) is 0 Å². The molecule has 0 aliphatic heterocycles. The maximum Gasteiger partial charge on any atom is 0.0688 e. The fraction of sp³-hybridized carbons (Fsp3) is 0.182. The molecule has 2 aromatic carbocycles. The highest BCUT2D eigenvalue weighted by Gasteiger charge is 2.03. The lowest BCUT2D eigenvalue weighted by Crippen LogP contribution is -1.99. The van der Waals surface area contributed by atoms with E-state index in [4.69, 9.17) is 4.99 Å². The molecule has 0 radical (unpaired) electrons. The molecule has 0 aliphatic carbocycles. The molecule has 0 unspecified atom stereocenters. The van der Waals surface area contributed by atoms with E-state index in [2.05, 4.69) is 66.7 Å². The van der Waals surface area contributed by atoms with Crippen LogP contribution in [0.4, 0.5) is 11.4 Å². The number of rotatable bonds is 4. The largest absolute Gasteiger partial charge is 0.342 e. The van der Waals surface area contributed by atoms with Crippen LogP contribution in [0.2, 0.25) is 0 Å². The zero-order valence-corrected chi connectivity index (χ0v) is 15.2. The topological polar surface area (TPSA) is 29.6 Å². The minimum absolute atomic E-state index is 0.995. The summed E-state index contributed by atoms with van der Waals surface area (Å²) in [6.07, 6.45) is 3.82. The Hall–Kier alpha value is -2.94. The quantitative estimate of drug-likeness (QED) is 0.570. The van der Waals surface area contributed by atoms with Crippen molar-refractivity contribution in [3.63, 3.8) is 0 Å². The summed E-state index contributed by atoms with van der Waals surface area (Å²) in [5.74, 6) is 0. The summed E-state index contributed by atoms with van der Waals surface area (Å²) >= 11 is 0. The minimum atomic E-state index is 0.995. The zero-order valence-electron chi connectivity index (χ0n) is 15.2.